The zero-order valence-corrected chi connectivity index (χ0v) is 18.2. The fraction of sp³-hybridized carbons (Fsp3) is 0.455. The minimum atomic E-state index is 0.552. The first kappa shape index (κ1) is 20.4. The van der Waals surface area contributed by atoms with Gasteiger partial charge in [0.1, 0.15) is 12.1 Å². The van der Waals surface area contributed by atoms with Gasteiger partial charge in [0.25, 0.3) is 0 Å². The Balaban J connectivity index is 2.89. The van der Waals surface area contributed by atoms with E-state index >= 15 is 0 Å². The molecule has 0 spiro atoms. The Kier molecular flexibility index (Phi) is 6.81. The van der Waals surface area contributed by atoms with Gasteiger partial charge in [-0.05, 0) is 50.7 Å². The zero-order chi connectivity index (χ0) is 19.4. The lowest BCUT2D eigenvalue weighted by Gasteiger charge is -2.10. The molecule has 0 amide bonds. The van der Waals surface area contributed by atoms with E-state index in [1.807, 2.05) is 0 Å². The first-order valence-electron chi connectivity index (χ1n) is 9.26. The molecule has 0 atom stereocenters. The van der Waals surface area contributed by atoms with E-state index in [1.165, 1.54) is 20.9 Å². The van der Waals surface area contributed by atoms with Gasteiger partial charge >= 0.3 is 0 Å². The Bertz CT molecular complexity index is 851. The van der Waals surface area contributed by atoms with Crippen molar-refractivity contribution >= 4 is 33.8 Å². The van der Waals surface area contributed by atoms with E-state index in [2.05, 4.69) is 53.7 Å². The molecular formula is C22H26N2S2. The highest BCUT2D eigenvalue weighted by molar-refractivity contribution is 7.12. The average Bonchev–Trinajstić information content (AvgIpc) is 3.15. The summed E-state index contributed by atoms with van der Waals surface area (Å²) in [4.78, 5) is 4.95. The Hall–Kier alpha value is -1.88. The van der Waals surface area contributed by atoms with Crippen LogP contribution >= 0.6 is 22.7 Å². The van der Waals surface area contributed by atoms with E-state index < -0.39 is 0 Å². The molecule has 0 fully saturated rings. The summed E-state index contributed by atoms with van der Waals surface area (Å²) in [6.45, 7) is 12.7. The fourth-order valence-electron chi connectivity index (χ4n) is 3.75. The molecule has 0 saturated carbocycles. The molecule has 2 rings (SSSR count). The third kappa shape index (κ3) is 3.37. The van der Waals surface area contributed by atoms with Gasteiger partial charge in [0.05, 0.1) is 11.1 Å². The summed E-state index contributed by atoms with van der Waals surface area (Å²) in [6, 6.07) is 4.79. The van der Waals surface area contributed by atoms with Crippen molar-refractivity contribution in [2.75, 3.05) is 0 Å². The molecular weight excluding hydrogens is 356 g/mol. The van der Waals surface area contributed by atoms with Crippen LogP contribution in [0.15, 0.2) is 0 Å². The lowest BCUT2D eigenvalue weighted by Crippen LogP contribution is -1.98. The van der Waals surface area contributed by atoms with Crippen molar-refractivity contribution in [2.45, 2.75) is 67.2 Å². The summed E-state index contributed by atoms with van der Waals surface area (Å²) in [6.07, 6.45) is 3.70. The molecule has 0 bridgehead atoms. The van der Waals surface area contributed by atoms with Crippen molar-refractivity contribution in [2.24, 2.45) is 0 Å². The topological polar surface area (TPSA) is 47.6 Å². The smallest absolute Gasteiger partial charge is 0.101 e. The van der Waals surface area contributed by atoms with Crippen LogP contribution in [-0.4, -0.2) is 0 Å². The van der Waals surface area contributed by atoms with Gasteiger partial charge in [-0.1, -0.05) is 27.7 Å². The molecule has 0 N–H and O–H groups in total. The predicted molar refractivity (Wildman–Crippen MR) is 114 cm³/mol. The van der Waals surface area contributed by atoms with Gasteiger partial charge in [0.2, 0.25) is 0 Å². The molecule has 2 aromatic heterocycles. The molecule has 4 heteroatoms. The van der Waals surface area contributed by atoms with Crippen LogP contribution in [-0.2, 0) is 25.7 Å². The van der Waals surface area contributed by atoms with Crippen molar-refractivity contribution < 1.29 is 0 Å². The van der Waals surface area contributed by atoms with Crippen molar-refractivity contribution in [3.8, 4) is 12.1 Å². The Morgan fingerprint density at radius 1 is 0.692 bits per heavy atom. The lowest BCUT2D eigenvalue weighted by atomic mass is 9.89. The molecule has 2 nitrogen and oxygen atoms in total. The molecule has 136 valence electrons. The van der Waals surface area contributed by atoms with Crippen LogP contribution in [0.5, 0.6) is 0 Å². The Morgan fingerprint density at radius 3 is 1.27 bits per heavy atom. The van der Waals surface area contributed by atoms with Crippen molar-refractivity contribution in [1.29, 1.82) is 10.5 Å². The first-order chi connectivity index (χ1) is 12.5. The zero-order valence-electron chi connectivity index (χ0n) is 16.5. The van der Waals surface area contributed by atoms with E-state index in [1.54, 1.807) is 22.7 Å². The van der Waals surface area contributed by atoms with Crippen molar-refractivity contribution in [3.63, 3.8) is 0 Å². The highest BCUT2D eigenvalue weighted by atomic mass is 32.1. The van der Waals surface area contributed by atoms with Gasteiger partial charge < -0.3 is 0 Å². The van der Waals surface area contributed by atoms with Crippen LogP contribution < -0.4 is 0 Å². The van der Waals surface area contributed by atoms with Crippen LogP contribution in [0.3, 0.4) is 0 Å². The van der Waals surface area contributed by atoms with Crippen molar-refractivity contribution in [3.05, 3.63) is 41.8 Å². The molecule has 0 aliphatic carbocycles. The van der Waals surface area contributed by atoms with Gasteiger partial charge in [0, 0.05) is 30.6 Å². The van der Waals surface area contributed by atoms with Crippen molar-refractivity contribution in [1.82, 2.24) is 0 Å². The number of rotatable bonds is 6. The largest absolute Gasteiger partial charge is 0.192 e. The predicted octanol–water partition coefficient (Wildman–Crippen LogP) is 6.63. The maximum atomic E-state index is 10.0. The van der Waals surface area contributed by atoms with Crippen LogP contribution in [0.1, 0.15) is 69.5 Å². The molecule has 0 radical (unpaired) electrons. The standard InChI is InChI=1S/C22H26N2S2/c1-7-15-19(9-3)25-13(5)21(15)17(11-23)18(12-24)22-14(6)26-20(10-4)16(22)8-2/h7-10H2,1-6H3. The van der Waals surface area contributed by atoms with Crippen LogP contribution in [0.25, 0.3) is 11.1 Å². The highest BCUT2D eigenvalue weighted by Gasteiger charge is 2.24. The number of nitriles is 2. The normalized spacial score (nSPS) is 11.8. The maximum Gasteiger partial charge on any atom is 0.101 e. The van der Waals surface area contributed by atoms with E-state index in [0.717, 1.165) is 46.6 Å². The summed E-state index contributed by atoms with van der Waals surface area (Å²) in [5.41, 5.74) is 5.58. The van der Waals surface area contributed by atoms with Crippen LogP contribution in [0.2, 0.25) is 0 Å². The minimum absolute atomic E-state index is 0.552. The third-order valence-electron chi connectivity index (χ3n) is 4.86. The second kappa shape index (κ2) is 8.67. The Morgan fingerprint density at radius 2 is 1.04 bits per heavy atom. The second-order valence-corrected chi connectivity index (χ2v) is 8.88. The summed E-state index contributed by atoms with van der Waals surface area (Å²) in [7, 11) is 0. The number of thiophene rings is 2. The summed E-state index contributed by atoms with van der Waals surface area (Å²) >= 11 is 3.53. The van der Waals surface area contributed by atoms with E-state index in [9.17, 15) is 10.5 Å². The van der Waals surface area contributed by atoms with Crippen LogP contribution in [0.4, 0.5) is 0 Å². The third-order valence-corrected chi connectivity index (χ3v) is 7.44. The molecule has 2 aromatic rings. The fourth-order valence-corrected chi connectivity index (χ4v) is 6.17. The Labute approximate surface area is 165 Å². The van der Waals surface area contributed by atoms with E-state index in [4.69, 9.17) is 0 Å². The SMILES string of the molecule is CCc1sc(C)c(C(C#N)=C(C#N)c2c(C)sc(CC)c2CC)c1CC. The quantitative estimate of drug-likeness (QED) is 0.526. The molecule has 26 heavy (non-hydrogen) atoms. The van der Waals surface area contributed by atoms with Gasteiger partial charge in [-0.25, -0.2) is 0 Å². The molecule has 0 aliphatic rings. The van der Waals surface area contributed by atoms with E-state index in [0.29, 0.717) is 11.1 Å². The number of hydrogen-bond acceptors (Lipinski definition) is 4. The van der Waals surface area contributed by atoms with Gasteiger partial charge in [-0.2, -0.15) is 10.5 Å². The lowest BCUT2D eigenvalue weighted by molar-refractivity contribution is 1.06. The van der Waals surface area contributed by atoms with Gasteiger partial charge in [0.15, 0.2) is 0 Å². The second-order valence-electron chi connectivity index (χ2n) is 6.26. The number of allylic oxidation sites excluding steroid dienone is 2. The van der Waals surface area contributed by atoms with E-state index in [-0.39, 0.29) is 0 Å². The molecule has 0 aromatic carbocycles. The van der Waals surface area contributed by atoms with Crippen LogP contribution in [0, 0.1) is 36.5 Å². The monoisotopic (exact) mass is 382 g/mol. The van der Waals surface area contributed by atoms with Gasteiger partial charge in [-0.3, -0.25) is 0 Å². The summed E-state index contributed by atoms with van der Waals surface area (Å²) < 4.78 is 0. The minimum Gasteiger partial charge on any atom is -0.192 e. The summed E-state index contributed by atoms with van der Waals surface area (Å²) in [5.74, 6) is 0. The average molecular weight is 383 g/mol. The van der Waals surface area contributed by atoms with Gasteiger partial charge in [-0.15, -0.1) is 22.7 Å². The number of aryl methyl sites for hydroxylation is 4. The number of hydrogen-bond donors (Lipinski definition) is 0. The molecule has 2 heterocycles. The molecule has 0 saturated heterocycles. The molecule has 0 unspecified atom stereocenters. The molecule has 0 aliphatic heterocycles. The number of nitrogens with zero attached hydrogens (tertiary/aromatic N) is 2. The summed E-state index contributed by atoms with van der Waals surface area (Å²) in [5, 5.41) is 20.1. The maximum absolute atomic E-state index is 10.0. The highest BCUT2D eigenvalue weighted by Crippen LogP contribution is 2.41. The first-order valence-corrected chi connectivity index (χ1v) is 10.9.